The number of rotatable bonds is 10. The van der Waals surface area contributed by atoms with Gasteiger partial charge in [-0.15, -0.1) is 0 Å². The molecule has 1 aromatic heterocycles. The molecule has 0 radical (unpaired) electrons. The summed E-state index contributed by atoms with van der Waals surface area (Å²) in [7, 11) is 1.64. The van der Waals surface area contributed by atoms with Crippen LogP contribution < -0.4 is 21.7 Å². The monoisotopic (exact) mass is 489 g/mol. The van der Waals surface area contributed by atoms with Crippen molar-refractivity contribution < 1.29 is 14.3 Å². The van der Waals surface area contributed by atoms with Gasteiger partial charge < -0.3 is 31.3 Å². The average Bonchev–Trinajstić information content (AvgIpc) is 3.34. The number of aromatic nitrogens is 2. The quantitative estimate of drug-likeness (QED) is 0.342. The van der Waals surface area contributed by atoms with Gasteiger partial charge in [0.2, 0.25) is 5.95 Å². The second-order valence-electron chi connectivity index (χ2n) is 8.56. The van der Waals surface area contributed by atoms with E-state index >= 15 is 0 Å². The van der Waals surface area contributed by atoms with Gasteiger partial charge in [0.15, 0.2) is 0 Å². The molecule has 36 heavy (non-hydrogen) atoms. The number of likely N-dealkylation sites (tertiary alicyclic amines) is 1. The molecule has 3 amide bonds. The van der Waals surface area contributed by atoms with Crippen LogP contribution in [0.25, 0.3) is 0 Å². The number of amides is 3. The van der Waals surface area contributed by atoms with Crippen LogP contribution in [-0.2, 0) is 11.2 Å². The van der Waals surface area contributed by atoms with Crippen LogP contribution >= 0.6 is 0 Å². The molecule has 0 aliphatic carbocycles. The molecule has 1 aliphatic heterocycles. The Bertz CT molecular complexity index is 1190. The molecule has 0 bridgehead atoms. The average molecular weight is 490 g/mol. The van der Waals surface area contributed by atoms with Crippen LogP contribution in [-0.4, -0.2) is 59.7 Å². The van der Waals surface area contributed by atoms with Crippen LogP contribution in [0.1, 0.15) is 28.8 Å². The van der Waals surface area contributed by atoms with Gasteiger partial charge in [0, 0.05) is 37.8 Å². The molecular weight excluding hydrogens is 458 g/mol. The number of carbonyl (C=O) groups is 2. The standard InChI is InChI=1S/C26H31N7O3/c1-36-17-21-11-6-14-33(21)26(35)31-20-10-5-9-19(15-20)30-25-29-16-22(23(27)34)24(32-25)28-13-12-18-7-3-2-4-8-18/h2-5,7-10,15-16,21H,6,11-14,17H2,1H3,(H2,27,34)(H,31,35)(H2,28,29,30,32)/t21-/m0/s1. The number of nitrogens with two attached hydrogens (primary N) is 1. The lowest BCUT2D eigenvalue weighted by atomic mass is 10.1. The summed E-state index contributed by atoms with van der Waals surface area (Å²) in [6.07, 6.45) is 4.06. The third-order valence-electron chi connectivity index (χ3n) is 5.97. The van der Waals surface area contributed by atoms with Gasteiger partial charge in [0.1, 0.15) is 5.82 Å². The molecular formula is C26H31N7O3. The number of nitrogens with zero attached hydrogens (tertiary/aromatic N) is 3. The summed E-state index contributed by atoms with van der Waals surface area (Å²) in [6.45, 7) is 1.80. The molecule has 0 spiro atoms. The fourth-order valence-electron chi connectivity index (χ4n) is 4.19. The van der Waals surface area contributed by atoms with Gasteiger partial charge in [0.05, 0.1) is 18.2 Å². The smallest absolute Gasteiger partial charge is 0.322 e. The highest BCUT2D eigenvalue weighted by Crippen LogP contribution is 2.23. The van der Waals surface area contributed by atoms with Crippen molar-refractivity contribution >= 4 is 35.1 Å². The van der Waals surface area contributed by atoms with Gasteiger partial charge in [0.25, 0.3) is 5.91 Å². The molecule has 188 valence electrons. The van der Waals surface area contributed by atoms with Crippen molar-refractivity contribution in [1.82, 2.24) is 14.9 Å². The first kappa shape index (κ1) is 24.9. The first-order valence-electron chi connectivity index (χ1n) is 11.9. The molecule has 2 heterocycles. The van der Waals surface area contributed by atoms with Gasteiger partial charge in [-0.2, -0.15) is 4.98 Å². The number of carbonyl (C=O) groups excluding carboxylic acids is 2. The van der Waals surface area contributed by atoms with Gasteiger partial charge in [-0.1, -0.05) is 36.4 Å². The predicted molar refractivity (Wildman–Crippen MR) is 140 cm³/mol. The minimum atomic E-state index is -0.609. The first-order valence-corrected chi connectivity index (χ1v) is 11.9. The maximum atomic E-state index is 12.8. The molecule has 3 aromatic rings. The zero-order valence-electron chi connectivity index (χ0n) is 20.2. The Labute approximate surface area is 210 Å². The lowest BCUT2D eigenvalue weighted by Crippen LogP contribution is -2.40. The normalized spacial score (nSPS) is 14.9. The summed E-state index contributed by atoms with van der Waals surface area (Å²) in [5.41, 5.74) is 8.22. The molecule has 10 heteroatoms. The summed E-state index contributed by atoms with van der Waals surface area (Å²) >= 11 is 0. The van der Waals surface area contributed by atoms with E-state index in [1.54, 1.807) is 13.2 Å². The number of methoxy groups -OCH3 is 1. The summed E-state index contributed by atoms with van der Waals surface area (Å²) in [6, 6.07) is 17.2. The van der Waals surface area contributed by atoms with Crippen molar-refractivity contribution in [2.75, 3.05) is 42.8 Å². The minimum Gasteiger partial charge on any atom is -0.383 e. The second kappa shape index (κ2) is 12.0. The first-order chi connectivity index (χ1) is 17.5. The number of anilines is 4. The highest BCUT2D eigenvalue weighted by Gasteiger charge is 2.28. The van der Waals surface area contributed by atoms with Crippen LogP contribution in [0.4, 0.5) is 27.9 Å². The summed E-state index contributed by atoms with van der Waals surface area (Å²) in [5.74, 6) is 0.0474. The van der Waals surface area contributed by atoms with E-state index in [9.17, 15) is 9.59 Å². The fourth-order valence-corrected chi connectivity index (χ4v) is 4.19. The molecule has 1 aliphatic rings. The zero-order valence-corrected chi connectivity index (χ0v) is 20.2. The zero-order chi connectivity index (χ0) is 25.3. The number of hydrogen-bond donors (Lipinski definition) is 4. The SMILES string of the molecule is COC[C@@H]1CCCN1C(=O)Nc1cccc(Nc2ncc(C(N)=O)c(NCCc3ccccc3)n2)c1. The van der Waals surface area contributed by atoms with Gasteiger partial charge in [-0.3, -0.25) is 4.79 Å². The number of primary amides is 1. The number of ether oxygens (including phenoxy) is 1. The Morgan fingerprint density at radius 1 is 1.14 bits per heavy atom. The number of urea groups is 1. The highest BCUT2D eigenvalue weighted by atomic mass is 16.5. The van der Waals surface area contributed by atoms with Crippen LogP contribution in [0.2, 0.25) is 0 Å². The molecule has 5 N–H and O–H groups in total. The van der Waals surface area contributed by atoms with Crippen LogP contribution in [0, 0.1) is 0 Å². The van der Waals surface area contributed by atoms with E-state index in [2.05, 4.69) is 25.9 Å². The third-order valence-corrected chi connectivity index (χ3v) is 5.97. The molecule has 2 aromatic carbocycles. The van der Waals surface area contributed by atoms with Crippen molar-refractivity contribution in [3.05, 3.63) is 71.9 Å². The lowest BCUT2D eigenvalue weighted by Gasteiger charge is -2.24. The molecule has 1 atom stereocenters. The Hall–Kier alpha value is -4.18. The Kier molecular flexibility index (Phi) is 8.30. The molecule has 1 fully saturated rings. The largest absolute Gasteiger partial charge is 0.383 e. The topological polar surface area (TPSA) is 134 Å². The number of hydrogen-bond acceptors (Lipinski definition) is 7. The minimum absolute atomic E-state index is 0.0845. The Morgan fingerprint density at radius 3 is 2.72 bits per heavy atom. The van der Waals surface area contributed by atoms with E-state index in [0.717, 1.165) is 19.3 Å². The van der Waals surface area contributed by atoms with Gasteiger partial charge in [-0.05, 0) is 43.0 Å². The van der Waals surface area contributed by atoms with Crippen molar-refractivity contribution in [3.8, 4) is 0 Å². The molecule has 1 saturated heterocycles. The van der Waals surface area contributed by atoms with Crippen molar-refractivity contribution in [2.24, 2.45) is 5.73 Å². The van der Waals surface area contributed by atoms with Crippen molar-refractivity contribution in [2.45, 2.75) is 25.3 Å². The Balaban J connectivity index is 1.42. The lowest BCUT2D eigenvalue weighted by molar-refractivity contribution is 0.100. The van der Waals surface area contributed by atoms with E-state index in [4.69, 9.17) is 10.5 Å². The van der Waals surface area contributed by atoms with Crippen molar-refractivity contribution in [1.29, 1.82) is 0 Å². The van der Waals surface area contributed by atoms with E-state index in [1.807, 2.05) is 53.4 Å². The fraction of sp³-hybridized carbons (Fsp3) is 0.308. The maximum absolute atomic E-state index is 12.8. The predicted octanol–water partition coefficient (Wildman–Crippen LogP) is 3.62. The molecule has 0 saturated carbocycles. The van der Waals surface area contributed by atoms with Crippen LogP contribution in [0.15, 0.2) is 60.8 Å². The molecule has 0 unspecified atom stereocenters. The number of benzene rings is 2. The Morgan fingerprint density at radius 2 is 1.94 bits per heavy atom. The van der Waals surface area contributed by atoms with E-state index in [-0.39, 0.29) is 17.6 Å². The molecule has 10 nitrogen and oxygen atoms in total. The summed E-state index contributed by atoms with van der Waals surface area (Å²) in [5, 5.41) is 9.27. The third kappa shape index (κ3) is 6.48. The second-order valence-corrected chi connectivity index (χ2v) is 8.56. The molecule has 4 rings (SSSR count). The van der Waals surface area contributed by atoms with Crippen LogP contribution in [0.5, 0.6) is 0 Å². The number of nitrogens with one attached hydrogen (secondary N) is 3. The van der Waals surface area contributed by atoms with E-state index < -0.39 is 5.91 Å². The van der Waals surface area contributed by atoms with E-state index in [0.29, 0.717) is 42.8 Å². The van der Waals surface area contributed by atoms with E-state index in [1.165, 1.54) is 11.8 Å². The van der Waals surface area contributed by atoms with Gasteiger partial charge in [-0.25, -0.2) is 9.78 Å². The summed E-state index contributed by atoms with van der Waals surface area (Å²) < 4.78 is 5.24. The highest BCUT2D eigenvalue weighted by molar-refractivity contribution is 5.97. The van der Waals surface area contributed by atoms with Crippen molar-refractivity contribution in [3.63, 3.8) is 0 Å². The maximum Gasteiger partial charge on any atom is 0.322 e. The summed E-state index contributed by atoms with van der Waals surface area (Å²) in [4.78, 5) is 35.2. The van der Waals surface area contributed by atoms with Crippen LogP contribution in [0.3, 0.4) is 0 Å². The van der Waals surface area contributed by atoms with Gasteiger partial charge >= 0.3 is 6.03 Å².